The molecule has 2 aliphatic rings. The van der Waals surface area contributed by atoms with Crippen molar-refractivity contribution >= 4 is 23.4 Å². The number of aromatic nitrogens is 1. The molecule has 36 heavy (non-hydrogen) atoms. The summed E-state index contributed by atoms with van der Waals surface area (Å²) in [6, 6.07) is 2.36. The smallest absolute Gasteiger partial charge is 0.381 e. The molecule has 2 saturated heterocycles. The molecule has 12 heteroatoms. The number of nitrogens with one attached hydrogen (secondary N) is 1. The van der Waals surface area contributed by atoms with Gasteiger partial charge in [-0.25, -0.2) is 13.8 Å². The molecule has 0 aliphatic carbocycles. The van der Waals surface area contributed by atoms with Crippen molar-refractivity contribution < 1.29 is 36.3 Å². The third-order valence-corrected chi connectivity index (χ3v) is 6.87. The fraction of sp³-hybridized carbons (Fsp3) is 0.458. The van der Waals surface area contributed by atoms with Crippen molar-refractivity contribution in [3.05, 3.63) is 63.9 Å². The molecule has 3 heterocycles. The van der Waals surface area contributed by atoms with Gasteiger partial charge in [0.2, 0.25) is 5.91 Å². The zero-order chi connectivity index (χ0) is 26.2. The number of pyridine rings is 1. The molecule has 0 radical (unpaired) electrons. The van der Waals surface area contributed by atoms with Crippen molar-refractivity contribution in [2.45, 2.75) is 50.5 Å². The normalized spacial score (nSPS) is 21.2. The maximum atomic E-state index is 14.7. The summed E-state index contributed by atoms with van der Waals surface area (Å²) in [5.41, 5.74) is -1.76. The van der Waals surface area contributed by atoms with Crippen LogP contribution in [0, 0.1) is 17.6 Å². The molecule has 2 aliphatic heterocycles. The Morgan fingerprint density at radius 1 is 1.19 bits per heavy atom. The number of hydrogen-bond donors (Lipinski definition) is 1. The topological polar surface area (TPSA) is 71.5 Å². The molecule has 1 aromatic heterocycles. The van der Waals surface area contributed by atoms with Crippen molar-refractivity contribution in [2.24, 2.45) is 5.92 Å². The lowest BCUT2D eigenvalue weighted by Crippen LogP contribution is -2.52. The Morgan fingerprint density at radius 3 is 2.53 bits per heavy atom. The van der Waals surface area contributed by atoms with E-state index in [4.69, 9.17) is 16.3 Å². The fourth-order valence-electron chi connectivity index (χ4n) is 4.61. The number of alkyl halides is 3. The van der Waals surface area contributed by atoms with Crippen LogP contribution in [0.2, 0.25) is 5.02 Å². The van der Waals surface area contributed by atoms with Crippen molar-refractivity contribution in [1.82, 2.24) is 15.2 Å². The number of ether oxygens (including phenoxy) is 1. The van der Waals surface area contributed by atoms with Crippen LogP contribution in [-0.2, 0) is 15.7 Å². The number of nitrogens with zero attached hydrogens (tertiary/aromatic N) is 2. The number of carbonyl (C=O) groups is 2. The minimum atomic E-state index is -4.74. The van der Waals surface area contributed by atoms with E-state index in [0.29, 0.717) is 12.8 Å². The van der Waals surface area contributed by atoms with Crippen LogP contribution >= 0.6 is 11.6 Å². The van der Waals surface area contributed by atoms with E-state index in [1.165, 1.54) is 4.90 Å². The largest absolute Gasteiger partial charge is 0.433 e. The van der Waals surface area contributed by atoms with E-state index < -0.39 is 64.2 Å². The van der Waals surface area contributed by atoms with E-state index in [1.807, 2.05) is 0 Å². The summed E-state index contributed by atoms with van der Waals surface area (Å²) in [4.78, 5) is 31.4. The van der Waals surface area contributed by atoms with Crippen molar-refractivity contribution in [3.63, 3.8) is 0 Å². The molecule has 0 saturated carbocycles. The molecule has 1 N–H and O–H groups in total. The van der Waals surface area contributed by atoms with Gasteiger partial charge in [-0.15, -0.1) is 0 Å². The van der Waals surface area contributed by atoms with Gasteiger partial charge in [0.1, 0.15) is 29.1 Å². The van der Waals surface area contributed by atoms with E-state index in [0.717, 1.165) is 30.3 Å². The van der Waals surface area contributed by atoms with Gasteiger partial charge >= 0.3 is 6.18 Å². The summed E-state index contributed by atoms with van der Waals surface area (Å²) in [6.07, 6.45) is -3.58. The summed E-state index contributed by atoms with van der Waals surface area (Å²) < 4.78 is 73.4. The van der Waals surface area contributed by atoms with Crippen LogP contribution < -0.4 is 5.32 Å². The van der Waals surface area contributed by atoms with Gasteiger partial charge in [0.05, 0.1) is 24.3 Å². The molecule has 2 aromatic rings. The van der Waals surface area contributed by atoms with Crippen LogP contribution in [-0.4, -0.2) is 47.0 Å². The summed E-state index contributed by atoms with van der Waals surface area (Å²) >= 11 is 5.66. The molecule has 2 fully saturated rings. The van der Waals surface area contributed by atoms with Gasteiger partial charge < -0.3 is 15.0 Å². The van der Waals surface area contributed by atoms with Crippen molar-refractivity contribution in [1.29, 1.82) is 0 Å². The molecule has 4 rings (SSSR count). The minimum absolute atomic E-state index is 0.110. The third kappa shape index (κ3) is 5.17. The first-order valence-corrected chi connectivity index (χ1v) is 11.8. The maximum Gasteiger partial charge on any atom is 0.433 e. The number of hydrogen-bond acceptors (Lipinski definition) is 4. The van der Waals surface area contributed by atoms with Crippen LogP contribution in [0.1, 0.15) is 54.0 Å². The summed E-state index contributed by atoms with van der Waals surface area (Å²) in [5.74, 6) is -3.44. The second-order valence-corrected chi connectivity index (χ2v) is 9.25. The molecule has 1 unspecified atom stereocenters. The second kappa shape index (κ2) is 10.3. The standard InChI is InChI=1S/C24H23ClF5N3O3/c1-2-13-6-7-19(33(13)23(35)18-4-3-5-20(31-18)24(28,29)30)22(34)32-21(12-10-36-11-12)14-8-17(27)15(25)9-16(14)26/h3-5,8-9,12-13,19,21H,2,6-7,10-11H2,1H3,(H,32,34)/t13-,19-,21?/m1/s1. The fourth-order valence-corrected chi connectivity index (χ4v) is 4.76. The first kappa shape index (κ1) is 26.3. The summed E-state index contributed by atoms with van der Waals surface area (Å²) in [5, 5.41) is 2.31. The van der Waals surface area contributed by atoms with Crippen molar-refractivity contribution in [3.8, 4) is 0 Å². The Bertz CT molecular complexity index is 1160. The van der Waals surface area contributed by atoms with E-state index >= 15 is 0 Å². The first-order valence-electron chi connectivity index (χ1n) is 11.4. The molecule has 6 nitrogen and oxygen atoms in total. The Morgan fingerprint density at radius 2 is 1.92 bits per heavy atom. The quantitative estimate of drug-likeness (QED) is 0.424. The third-order valence-electron chi connectivity index (χ3n) is 6.58. The van der Waals surface area contributed by atoms with Gasteiger partial charge in [-0.05, 0) is 43.5 Å². The van der Waals surface area contributed by atoms with Crippen molar-refractivity contribution in [2.75, 3.05) is 13.2 Å². The van der Waals surface area contributed by atoms with Crippen LogP contribution in [0.4, 0.5) is 22.0 Å². The molecule has 0 spiro atoms. The zero-order valence-electron chi connectivity index (χ0n) is 19.1. The first-order chi connectivity index (χ1) is 17.0. The SMILES string of the molecule is CC[C@@H]1CC[C@H](C(=O)NC(c2cc(F)c(Cl)cc2F)C2COC2)N1C(=O)c1cccc(C(F)(F)F)n1. The predicted octanol–water partition coefficient (Wildman–Crippen LogP) is 4.92. The van der Waals surface area contributed by atoms with E-state index in [9.17, 15) is 31.5 Å². The lowest BCUT2D eigenvalue weighted by atomic mass is 9.90. The number of rotatable bonds is 6. The van der Waals surface area contributed by atoms with Gasteiger partial charge in [-0.1, -0.05) is 24.6 Å². The van der Waals surface area contributed by atoms with Gasteiger partial charge in [-0.3, -0.25) is 9.59 Å². The minimum Gasteiger partial charge on any atom is -0.381 e. The molecular weight excluding hydrogens is 509 g/mol. The number of carbonyl (C=O) groups excluding carboxylic acids is 2. The van der Waals surface area contributed by atoms with E-state index in [-0.39, 0.29) is 31.1 Å². The molecule has 3 atom stereocenters. The predicted molar refractivity (Wildman–Crippen MR) is 119 cm³/mol. The molecule has 1 aromatic carbocycles. The number of likely N-dealkylation sites (tertiary alicyclic amines) is 1. The number of halogens is 6. The summed E-state index contributed by atoms with van der Waals surface area (Å²) in [6.45, 7) is 2.20. The second-order valence-electron chi connectivity index (χ2n) is 8.85. The van der Waals surface area contributed by atoms with E-state index in [1.54, 1.807) is 6.92 Å². The number of amides is 2. The van der Waals surface area contributed by atoms with Gasteiger partial charge in [0.15, 0.2) is 0 Å². The van der Waals surface area contributed by atoms with Crippen LogP contribution in [0.3, 0.4) is 0 Å². The van der Waals surface area contributed by atoms with Crippen LogP contribution in [0.25, 0.3) is 0 Å². The average molecular weight is 532 g/mol. The Kier molecular flexibility index (Phi) is 7.51. The zero-order valence-corrected chi connectivity index (χ0v) is 19.9. The highest BCUT2D eigenvalue weighted by Crippen LogP contribution is 2.34. The highest BCUT2D eigenvalue weighted by Gasteiger charge is 2.43. The molecule has 194 valence electrons. The Labute approximate surface area is 208 Å². The average Bonchev–Trinajstić information content (AvgIpc) is 3.23. The monoisotopic (exact) mass is 531 g/mol. The Hall–Kier alpha value is -2.79. The maximum absolute atomic E-state index is 14.7. The van der Waals surface area contributed by atoms with Gasteiger partial charge in [0.25, 0.3) is 5.91 Å². The van der Waals surface area contributed by atoms with Gasteiger partial charge in [0, 0.05) is 17.5 Å². The number of benzene rings is 1. The lowest BCUT2D eigenvalue weighted by Gasteiger charge is -2.36. The highest BCUT2D eigenvalue weighted by atomic mass is 35.5. The van der Waals surface area contributed by atoms with E-state index in [2.05, 4.69) is 10.3 Å². The molecule has 2 amide bonds. The Balaban J connectivity index is 1.61. The van der Waals surface area contributed by atoms with Gasteiger partial charge in [-0.2, -0.15) is 13.2 Å². The lowest BCUT2D eigenvalue weighted by molar-refractivity contribution is -0.141. The molecular formula is C24H23ClF5N3O3. The summed E-state index contributed by atoms with van der Waals surface area (Å²) in [7, 11) is 0. The molecule has 0 bridgehead atoms. The van der Waals surface area contributed by atoms with Crippen LogP contribution in [0.15, 0.2) is 30.3 Å². The highest BCUT2D eigenvalue weighted by molar-refractivity contribution is 6.30. The van der Waals surface area contributed by atoms with Crippen LogP contribution in [0.5, 0.6) is 0 Å².